The summed E-state index contributed by atoms with van der Waals surface area (Å²) in [5.41, 5.74) is 18.8. The highest BCUT2D eigenvalue weighted by Gasteiger charge is 2.45. The molecule has 0 atom stereocenters. The van der Waals surface area contributed by atoms with Crippen LogP contribution in [0.1, 0.15) is 71.0 Å². The molecule has 4 aliphatic rings. The molecule has 0 N–H and O–H groups in total. The van der Waals surface area contributed by atoms with Gasteiger partial charge in [0.05, 0.1) is 11.4 Å². The first-order valence-corrected chi connectivity index (χ1v) is 21.2. The Morgan fingerprint density at radius 1 is 0.466 bits per heavy atom. The van der Waals surface area contributed by atoms with Gasteiger partial charge in [-0.15, -0.1) is 0 Å². The molecule has 278 valence electrons. The Morgan fingerprint density at radius 3 is 1.81 bits per heavy atom. The minimum Gasteiger partial charge on any atom is -0.341 e. The molecular formula is C56H44N2. The molecule has 0 aromatic heterocycles. The normalized spacial score (nSPS) is 16.1. The topological polar surface area (TPSA) is 6.48 Å². The van der Waals surface area contributed by atoms with Crippen LogP contribution in [0.5, 0.6) is 0 Å². The van der Waals surface area contributed by atoms with Crippen LogP contribution in [0.3, 0.4) is 0 Å². The van der Waals surface area contributed by atoms with Gasteiger partial charge in [-0.1, -0.05) is 146 Å². The standard InChI is InChI=1S/C56H44N2/c1-4-14-53-40(10-1)13-9-33-57(53)45-25-30-50-49-28-20-39(35-51(49)56(52(50)37-45)31-7-8-32-56)18-17-38-19-27-47-43(34-38)23-24-44-36-46(26-29-48(44)47)58-54-15-5-2-11-41(54)21-22-42-12-3-6-16-55(42)58/h1-6,10-12,14-30,34-37H,7-9,13,31-33H2/b18-17+. The van der Waals surface area contributed by atoms with E-state index in [1.807, 2.05) is 0 Å². The Labute approximate surface area is 341 Å². The van der Waals surface area contributed by atoms with Crippen molar-refractivity contribution in [3.05, 3.63) is 197 Å². The molecule has 2 aliphatic heterocycles. The quantitative estimate of drug-likeness (QED) is 0.131. The third-order valence-corrected chi connectivity index (χ3v) is 13.6. The largest absolute Gasteiger partial charge is 0.341 e. The fraction of sp³-hybridized carbons (Fsp3) is 0.143. The van der Waals surface area contributed by atoms with Crippen LogP contribution in [0.2, 0.25) is 0 Å². The summed E-state index contributed by atoms with van der Waals surface area (Å²) in [7, 11) is 0. The predicted octanol–water partition coefficient (Wildman–Crippen LogP) is 15.0. The molecule has 1 fully saturated rings. The van der Waals surface area contributed by atoms with Crippen molar-refractivity contribution < 1.29 is 0 Å². The Hall–Kier alpha value is -6.64. The molecule has 0 bridgehead atoms. The summed E-state index contributed by atoms with van der Waals surface area (Å²) in [5.74, 6) is 0. The smallest absolute Gasteiger partial charge is 0.0534 e. The lowest BCUT2D eigenvalue weighted by atomic mass is 9.76. The zero-order chi connectivity index (χ0) is 38.2. The summed E-state index contributed by atoms with van der Waals surface area (Å²) < 4.78 is 0. The summed E-state index contributed by atoms with van der Waals surface area (Å²) >= 11 is 0. The maximum absolute atomic E-state index is 2.57. The Balaban J connectivity index is 0.854. The number of hydrogen-bond acceptors (Lipinski definition) is 2. The van der Waals surface area contributed by atoms with E-state index in [4.69, 9.17) is 0 Å². The lowest BCUT2D eigenvalue weighted by Gasteiger charge is -2.33. The van der Waals surface area contributed by atoms with Gasteiger partial charge in [0, 0.05) is 29.0 Å². The second-order valence-electron chi connectivity index (χ2n) is 16.8. The van der Waals surface area contributed by atoms with Crippen molar-refractivity contribution in [2.24, 2.45) is 0 Å². The van der Waals surface area contributed by atoms with Crippen molar-refractivity contribution in [3.8, 4) is 11.1 Å². The highest BCUT2D eigenvalue weighted by Crippen LogP contribution is 2.58. The minimum absolute atomic E-state index is 0.112. The number of hydrogen-bond donors (Lipinski definition) is 0. The Kier molecular flexibility index (Phi) is 7.63. The van der Waals surface area contributed by atoms with Gasteiger partial charge in [0.15, 0.2) is 0 Å². The second-order valence-corrected chi connectivity index (χ2v) is 16.8. The molecule has 2 heterocycles. The summed E-state index contributed by atoms with van der Waals surface area (Å²) in [5, 5.41) is 5.07. The van der Waals surface area contributed by atoms with E-state index in [1.165, 1.54) is 133 Å². The first-order chi connectivity index (χ1) is 28.7. The highest BCUT2D eigenvalue weighted by atomic mass is 15.2. The molecule has 2 nitrogen and oxygen atoms in total. The van der Waals surface area contributed by atoms with Gasteiger partial charge in [-0.3, -0.25) is 0 Å². The number of nitrogens with zero attached hydrogens (tertiary/aromatic N) is 2. The van der Waals surface area contributed by atoms with E-state index in [1.54, 1.807) is 5.56 Å². The van der Waals surface area contributed by atoms with Crippen LogP contribution < -0.4 is 9.80 Å². The second kappa shape index (κ2) is 13.2. The molecule has 0 amide bonds. The van der Waals surface area contributed by atoms with Crippen LogP contribution in [0, 0.1) is 0 Å². The van der Waals surface area contributed by atoms with E-state index in [2.05, 4.69) is 192 Å². The number of fused-ring (bicyclic) bond motifs is 11. The van der Waals surface area contributed by atoms with Gasteiger partial charge in [-0.25, -0.2) is 0 Å². The number of para-hydroxylation sites is 3. The molecule has 8 aromatic carbocycles. The molecule has 12 rings (SSSR count). The number of benzene rings is 8. The van der Waals surface area contributed by atoms with Gasteiger partial charge >= 0.3 is 0 Å². The number of rotatable bonds is 4. The highest BCUT2D eigenvalue weighted by molar-refractivity contribution is 6.09. The first kappa shape index (κ1) is 33.5. The van der Waals surface area contributed by atoms with Gasteiger partial charge in [0.2, 0.25) is 0 Å². The monoisotopic (exact) mass is 744 g/mol. The molecule has 2 aliphatic carbocycles. The van der Waals surface area contributed by atoms with E-state index in [0.717, 1.165) is 6.54 Å². The third-order valence-electron chi connectivity index (χ3n) is 13.6. The Morgan fingerprint density at radius 2 is 1.05 bits per heavy atom. The summed E-state index contributed by atoms with van der Waals surface area (Å²) in [6.07, 6.45) is 16.5. The number of aryl methyl sites for hydroxylation is 1. The molecule has 1 saturated carbocycles. The zero-order valence-electron chi connectivity index (χ0n) is 32.7. The lowest BCUT2D eigenvalue weighted by Crippen LogP contribution is -2.25. The van der Waals surface area contributed by atoms with Crippen LogP contribution in [-0.4, -0.2) is 6.54 Å². The maximum atomic E-state index is 2.57. The average Bonchev–Trinajstić information content (AvgIpc) is 3.83. The third kappa shape index (κ3) is 5.24. The molecule has 0 radical (unpaired) electrons. The van der Waals surface area contributed by atoms with Crippen LogP contribution >= 0.6 is 0 Å². The maximum Gasteiger partial charge on any atom is 0.0534 e. The van der Waals surface area contributed by atoms with E-state index >= 15 is 0 Å². The lowest BCUT2D eigenvalue weighted by molar-refractivity contribution is 0.549. The van der Waals surface area contributed by atoms with E-state index < -0.39 is 0 Å². The Bertz CT molecular complexity index is 2960. The zero-order valence-corrected chi connectivity index (χ0v) is 32.7. The first-order valence-electron chi connectivity index (χ1n) is 21.2. The summed E-state index contributed by atoms with van der Waals surface area (Å²) in [6.45, 7) is 1.08. The van der Waals surface area contributed by atoms with Gasteiger partial charge in [0.1, 0.15) is 0 Å². The van der Waals surface area contributed by atoms with Crippen molar-refractivity contribution in [3.63, 3.8) is 0 Å². The average molecular weight is 745 g/mol. The molecule has 8 aromatic rings. The molecule has 1 spiro atoms. The number of anilines is 5. The fourth-order valence-electron chi connectivity index (χ4n) is 10.9. The van der Waals surface area contributed by atoms with Gasteiger partial charge in [0.25, 0.3) is 0 Å². The van der Waals surface area contributed by atoms with Crippen molar-refractivity contribution in [1.29, 1.82) is 0 Å². The van der Waals surface area contributed by atoms with Crippen LogP contribution in [0.15, 0.2) is 158 Å². The van der Waals surface area contributed by atoms with Crippen LogP contribution in [0.4, 0.5) is 28.4 Å². The predicted molar refractivity (Wildman–Crippen MR) is 247 cm³/mol. The van der Waals surface area contributed by atoms with E-state index in [9.17, 15) is 0 Å². The fourth-order valence-corrected chi connectivity index (χ4v) is 10.9. The molecule has 58 heavy (non-hydrogen) atoms. The van der Waals surface area contributed by atoms with Crippen LogP contribution in [-0.2, 0) is 11.8 Å². The molecular weight excluding hydrogens is 701 g/mol. The van der Waals surface area contributed by atoms with Gasteiger partial charge < -0.3 is 9.80 Å². The van der Waals surface area contributed by atoms with Crippen molar-refractivity contribution in [2.45, 2.75) is 43.9 Å². The van der Waals surface area contributed by atoms with Gasteiger partial charge in [-0.2, -0.15) is 0 Å². The molecule has 0 unspecified atom stereocenters. The summed E-state index contributed by atoms with van der Waals surface area (Å²) in [6, 6.07) is 59.4. The van der Waals surface area contributed by atoms with E-state index in [0.29, 0.717) is 0 Å². The van der Waals surface area contributed by atoms with E-state index in [-0.39, 0.29) is 5.41 Å². The van der Waals surface area contributed by atoms with Crippen molar-refractivity contribution >= 4 is 74.3 Å². The minimum atomic E-state index is 0.112. The van der Waals surface area contributed by atoms with Crippen molar-refractivity contribution in [2.75, 3.05) is 16.3 Å². The van der Waals surface area contributed by atoms with Gasteiger partial charge in [-0.05, 0) is 146 Å². The summed E-state index contributed by atoms with van der Waals surface area (Å²) in [4.78, 5) is 4.97. The van der Waals surface area contributed by atoms with Crippen molar-refractivity contribution in [1.82, 2.24) is 0 Å². The van der Waals surface area contributed by atoms with Crippen LogP contribution in [0.25, 0.3) is 57.0 Å². The molecule has 0 saturated heterocycles. The SMILES string of the molecule is C1=Cc2ccccc2N(c2ccc3c(ccc4cc(/C=C/c5ccc6c(c5)C5(CCCC5)c5cc(N7CCCc8ccccc87)ccc5-6)ccc43)c2)c2ccccc21. The molecule has 2 heteroatoms.